The lowest BCUT2D eigenvalue weighted by Crippen LogP contribution is -2.46. The van der Waals surface area contributed by atoms with Crippen molar-refractivity contribution < 1.29 is 9.59 Å². The number of piperazine rings is 1. The van der Waals surface area contributed by atoms with E-state index in [4.69, 9.17) is 11.6 Å². The van der Waals surface area contributed by atoms with E-state index in [0.29, 0.717) is 9.21 Å². The third-order valence-electron chi connectivity index (χ3n) is 5.10. The molecule has 1 aliphatic rings. The summed E-state index contributed by atoms with van der Waals surface area (Å²) >= 11 is 7.10. The molecule has 1 saturated heterocycles. The Hall–Kier alpha value is -1.89. The Labute approximate surface area is 175 Å². The molecule has 1 fully saturated rings. The molecule has 150 valence electrons. The minimum Gasteiger partial charge on any atom is -0.369 e. The number of Topliss-reactive ketones (excluding diaryl/α,β-unsaturated/α-hetero) is 1. The highest BCUT2D eigenvalue weighted by molar-refractivity contribution is 7.18. The van der Waals surface area contributed by atoms with Gasteiger partial charge in [0, 0.05) is 50.4 Å². The molecule has 0 radical (unpaired) electrons. The molecule has 5 nitrogen and oxygen atoms in total. The van der Waals surface area contributed by atoms with Gasteiger partial charge in [-0.25, -0.2) is 0 Å². The van der Waals surface area contributed by atoms with E-state index < -0.39 is 0 Å². The number of nitrogens with one attached hydrogen (secondary N) is 1. The van der Waals surface area contributed by atoms with Gasteiger partial charge in [-0.05, 0) is 49.4 Å². The van der Waals surface area contributed by atoms with E-state index in [1.54, 1.807) is 12.1 Å². The van der Waals surface area contributed by atoms with E-state index in [1.165, 1.54) is 17.0 Å². The molecule has 0 aliphatic carbocycles. The summed E-state index contributed by atoms with van der Waals surface area (Å²) in [5, 5.41) is 2.93. The molecule has 3 rings (SSSR count). The molecular weight excluding hydrogens is 394 g/mol. The van der Waals surface area contributed by atoms with Crippen LogP contribution in [0.15, 0.2) is 30.3 Å². The molecule has 1 aromatic heterocycles. The summed E-state index contributed by atoms with van der Waals surface area (Å²) in [5.41, 5.74) is 3.02. The van der Waals surface area contributed by atoms with Crippen molar-refractivity contribution in [2.24, 2.45) is 0 Å². The fourth-order valence-electron chi connectivity index (χ4n) is 3.33. The molecule has 0 atom stereocenters. The van der Waals surface area contributed by atoms with Crippen LogP contribution in [0.2, 0.25) is 4.34 Å². The molecular formula is C21H26ClN3O2S. The van der Waals surface area contributed by atoms with Crippen LogP contribution in [0.5, 0.6) is 0 Å². The van der Waals surface area contributed by atoms with Gasteiger partial charge in [0.05, 0.1) is 9.21 Å². The Bertz CT molecular complexity index is 844. The van der Waals surface area contributed by atoms with Crippen LogP contribution >= 0.6 is 22.9 Å². The second kappa shape index (κ2) is 9.54. The number of halogens is 1. The van der Waals surface area contributed by atoms with Crippen molar-refractivity contribution in [3.8, 4) is 0 Å². The number of amides is 1. The summed E-state index contributed by atoms with van der Waals surface area (Å²) in [6.07, 6.45) is 0.343. The fraction of sp³-hybridized carbons (Fsp3) is 0.429. The maximum absolute atomic E-state index is 12.3. The number of thiophene rings is 1. The van der Waals surface area contributed by atoms with E-state index in [0.717, 1.165) is 44.0 Å². The number of rotatable bonds is 7. The topological polar surface area (TPSA) is 52.6 Å². The zero-order chi connectivity index (χ0) is 20.1. The van der Waals surface area contributed by atoms with Gasteiger partial charge in [0.1, 0.15) is 0 Å². The number of hydrogen-bond acceptors (Lipinski definition) is 5. The van der Waals surface area contributed by atoms with E-state index in [9.17, 15) is 9.59 Å². The lowest BCUT2D eigenvalue weighted by atomic mass is 10.1. The Morgan fingerprint density at radius 3 is 2.46 bits per heavy atom. The number of nitrogens with zero attached hydrogens (tertiary/aromatic N) is 2. The third-order valence-corrected chi connectivity index (χ3v) is 6.37. The minimum atomic E-state index is -0.150. The summed E-state index contributed by atoms with van der Waals surface area (Å²) in [6, 6.07) is 9.54. The van der Waals surface area contributed by atoms with Crippen LogP contribution in [0.1, 0.15) is 35.0 Å². The lowest BCUT2D eigenvalue weighted by molar-refractivity contribution is -0.116. The monoisotopic (exact) mass is 419 g/mol. The van der Waals surface area contributed by atoms with Gasteiger partial charge in [-0.2, -0.15) is 0 Å². The van der Waals surface area contributed by atoms with Crippen LogP contribution < -0.4 is 10.2 Å². The van der Waals surface area contributed by atoms with Crippen LogP contribution in [0.3, 0.4) is 0 Å². The predicted octanol–water partition coefficient (Wildman–Crippen LogP) is 4.45. The maximum atomic E-state index is 12.3. The van der Waals surface area contributed by atoms with E-state index in [1.807, 2.05) is 13.0 Å². The van der Waals surface area contributed by atoms with Crippen molar-refractivity contribution in [2.45, 2.75) is 26.7 Å². The van der Waals surface area contributed by atoms with Crippen molar-refractivity contribution in [1.29, 1.82) is 0 Å². The van der Waals surface area contributed by atoms with E-state index in [-0.39, 0.29) is 24.5 Å². The number of benzene rings is 1. The van der Waals surface area contributed by atoms with Crippen LogP contribution in [0.25, 0.3) is 0 Å². The molecule has 1 aliphatic heterocycles. The Morgan fingerprint density at radius 1 is 1.11 bits per heavy atom. The van der Waals surface area contributed by atoms with Crippen molar-refractivity contribution in [3.05, 3.63) is 45.1 Å². The number of hydrogen-bond donors (Lipinski definition) is 1. The smallest absolute Gasteiger partial charge is 0.224 e. The second-order valence-corrected chi connectivity index (χ2v) is 8.71. The first-order valence-electron chi connectivity index (χ1n) is 9.62. The summed E-state index contributed by atoms with van der Waals surface area (Å²) in [5.74, 6) is -0.200. The highest BCUT2D eigenvalue weighted by atomic mass is 35.5. The van der Waals surface area contributed by atoms with Gasteiger partial charge >= 0.3 is 0 Å². The number of carbonyl (C=O) groups is 2. The van der Waals surface area contributed by atoms with Crippen molar-refractivity contribution in [1.82, 2.24) is 4.90 Å². The zero-order valence-corrected chi connectivity index (χ0v) is 17.9. The normalized spacial score (nSPS) is 14.9. The zero-order valence-electron chi connectivity index (χ0n) is 16.3. The summed E-state index contributed by atoms with van der Waals surface area (Å²) < 4.78 is 0.583. The number of anilines is 2. The van der Waals surface area contributed by atoms with Gasteiger partial charge in [-0.3, -0.25) is 9.59 Å². The summed E-state index contributed by atoms with van der Waals surface area (Å²) in [6.45, 7) is 9.50. The Kier molecular flexibility index (Phi) is 7.10. The van der Waals surface area contributed by atoms with Crippen LogP contribution in [0, 0.1) is 6.92 Å². The largest absolute Gasteiger partial charge is 0.369 e. The quantitative estimate of drug-likeness (QED) is 0.673. The van der Waals surface area contributed by atoms with Gasteiger partial charge in [-0.1, -0.05) is 18.5 Å². The molecule has 1 N–H and O–H groups in total. The molecule has 7 heteroatoms. The highest BCUT2D eigenvalue weighted by Gasteiger charge is 2.17. The summed E-state index contributed by atoms with van der Waals surface area (Å²) in [4.78, 5) is 29.8. The van der Waals surface area contributed by atoms with Gasteiger partial charge in [0.25, 0.3) is 0 Å². The molecule has 2 aromatic rings. The minimum absolute atomic E-state index is 0.0506. The fourth-order valence-corrected chi connectivity index (χ4v) is 4.34. The molecule has 0 unspecified atom stereocenters. The standard InChI is InChI=1S/C21H26ClN3O2S/c1-3-24-10-12-25(13-11-24)16-4-5-17(15(2)14-16)23-21(27)9-6-18(26)19-7-8-20(22)28-19/h4-5,7-8,14H,3,6,9-13H2,1-2H3,(H,23,27). The first kappa shape index (κ1) is 20.8. The lowest BCUT2D eigenvalue weighted by Gasteiger charge is -2.35. The summed E-state index contributed by atoms with van der Waals surface area (Å²) in [7, 11) is 0. The molecule has 1 amide bonds. The third kappa shape index (κ3) is 5.34. The first-order valence-corrected chi connectivity index (χ1v) is 10.8. The van der Waals surface area contributed by atoms with Crippen molar-refractivity contribution >= 4 is 46.0 Å². The Balaban J connectivity index is 1.52. The van der Waals surface area contributed by atoms with Crippen LogP contribution in [0.4, 0.5) is 11.4 Å². The SMILES string of the molecule is CCN1CCN(c2ccc(NC(=O)CCC(=O)c3ccc(Cl)s3)c(C)c2)CC1. The second-order valence-electron chi connectivity index (χ2n) is 7.00. The maximum Gasteiger partial charge on any atom is 0.224 e. The highest BCUT2D eigenvalue weighted by Crippen LogP contribution is 2.25. The van der Waals surface area contributed by atoms with Crippen molar-refractivity contribution in [2.75, 3.05) is 42.9 Å². The molecule has 0 bridgehead atoms. The van der Waals surface area contributed by atoms with Gasteiger partial charge in [-0.15, -0.1) is 11.3 Å². The number of ketones is 1. The Morgan fingerprint density at radius 2 is 1.86 bits per heavy atom. The number of carbonyl (C=O) groups excluding carboxylic acids is 2. The molecule has 0 spiro atoms. The molecule has 1 aromatic carbocycles. The average molecular weight is 420 g/mol. The van der Waals surface area contributed by atoms with Gasteiger partial charge in [0.15, 0.2) is 5.78 Å². The first-order chi connectivity index (χ1) is 13.5. The van der Waals surface area contributed by atoms with Crippen molar-refractivity contribution in [3.63, 3.8) is 0 Å². The average Bonchev–Trinajstić information content (AvgIpc) is 3.14. The van der Waals surface area contributed by atoms with E-state index in [2.05, 4.69) is 34.2 Å². The number of aryl methyl sites for hydroxylation is 1. The molecule has 28 heavy (non-hydrogen) atoms. The number of likely N-dealkylation sites (N-methyl/N-ethyl adjacent to an activating group) is 1. The van der Waals surface area contributed by atoms with Crippen LogP contribution in [-0.2, 0) is 4.79 Å². The van der Waals surface area contributed by atoms with Gasteiger partial charge in [0.2, 0.25) is 5.91 Å². The van der Waals surface area contributed by atoms with E-state index >= 15 is 0 Å². The predicted molar refractivity (Wildman–Crippen MR) is 117 cm³/mol. The van der Waals surface area contributed by atoms with Gasteiger partial charge < -0.3 is 15.1 Å². The molecule has 0 saturated carbocycles. The van der Waals surface area contributed by atoms with Crippen LogP contribution in [-0.4, -0.2) is 49.3 Å². The molecule has 2 heterocycles.